The Morgan fingerprint density at radius 2 is 1.90 bits per heavy atom. The second kappa shape index (κ2) is 7.40. The highest BCUT2D eigenvalue weighted by Gasteiger charge is 2.22. The van der Waals surface area contributed by atoms with Crippen LogP contribution in [0.4, 0.5) is 5.82 Å². The SMILES string of the molecule is Cc1cc(-c2cccnc2)cc2c(N3CCc4ccc(S(N)(=O)=O)cc4C3)ncnc12. The normalized spacial score (nSPS) is 13.9. The van der Waals surface area contributed by atoms with Gasteiger partial charge in [0, 0.05) is 36.4 Å². The first-order valence-electron chi connectivity index (χ1n) is 9.95. The molecule has 0 amide bonds. The molecule has 31 heavy (non-hydrogen) atoms. The van der Waals surface area contributed by atoms with E-state index in [4.69, 9.17) is 5.14 Å². The average Bonchev–Trinajstić information content (AvgIpc) is 2.78. The molecule has 3 heterocycles. The number of rotatable bonds is 3. The average molecular weight is 432 g/mol. The Balaban J connectivity index is 1.60. The third kappa shape index (κ3) is 3.64. The van der Waals surface area contributed by atoms with Crippen molar-refractivity contribution in [3.8, 4) is 11.1 Å². The van der Waals surface area contributed by atoms with Gasteiger partial charge in [0.2, 0.25) is 10.0 Å². The third-order valence-corrected chi connectivity index (χ3v) is 6.63. The van der Waals surface area contributed by atoms with Gasteiger partial charge in [-0.1, -0.05) is 12.1 Å². The molecule has 1 aliphatic rings. The zero-order valence-corrected chi connectivity index (χ0v) is 17.8. The molecule has 0 bridgehead atoms. The van der Waals surface area contributed by atoms with Gasteiger partial charge in [-0.3, -0.25) is 4.98 Å². The quantitative estimate of drug-likeness (QED) is 0.534. The summed E-state index contributed by atoms with van der Waals surface area (Å²) in [6.45, 7) is 3.38. The number of primary sulfonamides is 1. The summed E-state index contributed by atoms with van der Waals surface area (Å²) in [4.78, 5) is 15.7. The summed E-state index contributed by atoms with van der Waals surface area (Å²) in [6.07, 6.45) is 5.99. The fourth-order valence-corrected chi connectivity index (χ4v) is 4.74. The van der Waals surface area contributed by atoms with E-state index in [2.05, 4.69) is 32.0 Å². The van der Waals surface area contributed by atoms with Gasteiger partial charge in [-0.05, 0) is 65.9 Å². The smallest absolute Gasteiger partial charge is 0.238 e. The molecule has 8 heteroatoms. The maximum Gasteiger partial charge on any atom is 0.238 e. The summed E-state index contributed by atoms with van der Waals surface area (Å²) in [7, 11) is -3.75. The highest BCUT2D eigenvalue weighted by Crippen LogP contribution is 2.33. The number of aryl methyl sites for hydroxylation is 1. The van der Waals surface area contributed by atoms with E-state index in [1.165, 1.54) is 0 Å². The van der Waals surface area contributed by atoms with Gasteiger partial charge in [-0.15, -0.1) is 0 Å². The van der Waals surface area contributed by atoms with Crippen molar-refractivity contribution in [2.75, 3.05) is 11.4 Å². The number of anilines is 1. The van der Waals surface area contributed by atoms with Gasteiger partial charge in [0.15, 0.2) is 0 Å². The van der Waals surface area contributed by atoms with Gasteiger partial charge in [0.25, 0.3) is 0 Å². The number of nitrogens with zero attached hydrogens (tertiary/aromatic N) is 4. The van der Waals surface area contributed by atoms with Crippen molar-refractivity contribution in [2.45, 2.75) is 24.8 Å². The molecule has 1 aliphatic heterocycles. The molecule has 2 aromatic carbocycles. The predicted molar refractivity (Wildman–Crippen MR) is 120 cm³/mol. The van der Waals surface area contributed by atoms with Crippen LogP contribution in [0.3, 0.4) is 0 Å². The second-order valence-corrected chi connectivity index (χ2v) is 9.34. The highest BCUT2D eigenvalue weighted by molar-refractivity contribution is 7.89. The minimum atomic E-state index is -3.75. The fraction of sp³-hybridized carbons (Fsp3) is 0.174. The fourth-order valence-electron chi connectivity index (χ4n) is 4.18. The van der Waals surface area contributed by atoms with E-state index in [0.717, 1.165) is 57.5 Å². The van der Waals surface area contributed by atoms with Crippen LogP contribution in [0, 0.1) is 6.92 Å². The minimum Gasteiger partial charge on any atom is -0.351 e. The van der Waals surface area contributed by atoms with Gasteiger partial charge >= 0.3 is 0 Å². The molecule has 5 rings (SSSR count). The van der Waals surface area contributed by atoms with Crippen molar-refractivity contribution in [3.05, 3.63) is 77.9 Å². The van der Waals surface area contributed by atoms with E-state index in [1.54, 1.807) is 24.7 Å². The Labute approximate surface area is 180 Å². The Morgan fingerprint density at radius 3 is 2.68 bits per heavy atom. The van der Waals surface area contributed by atoms with Crippen LogP contribution >= 0.6 is 0 Å². The summed E-state index contributed by atoms with van der Waals surface area (Å²) in [5, 5.41) is 6.30. The van der Waals surface area contributed by atoms with Crippen molar-refractivity contribution >= 4 is 26.7 Å². The van der Waals surface area contributed by atoms with Crippen LogP contribution in [0.15, 0.2) is 66.1 Å². The molecule has 7 nitrogen and oxygen atoms in total. The molecule has 0 spiro atoms. The first kappa shape index (κ1) is 19.6. The lowest BCUT2D eigenvalue weighted by Crippen LogP contribution is -2.31. The molecule has 156 valence electrons. The standard InChI is InChI=1S/C23H21N5O2S/c1-15-9-18(17-3-2-7-25-12-17)11-21-22(15)26-14-27-23(21)28-8-6-16-4-5-20(31(24,29)30)10-19(16)13-28/h2-5,7,9-12,14H,6,8,13H2,1H3,(H2,24,29,30). The summed E-state index contributed by atoms with van der Waals surface area (Å²) in [5.41, 5.74) is 6.14. The Bertz CT molecular complexity index is 1400. The largest absolute Gasteiger partial charge is 0.351 e. The van der Waals surface area contributed by atoms with Gasteiger partial charge < -0.3 is 4.90 Å². The van der Waals surface area contributed by atoms with Crippen LogP contribution in [0.1, 0.15) is 16.7 Å². The topological polar surface area (TPSA) is 102 Å². The van der Waals surface area contributed by atoms with E-state index >= 15 is 0 Å². The number of fused-ring (bicyclic) bond motifs is 2. The second-order valence-electron chi connectivity index (χ2n) is 7.78. The molecule has 0 unspecified atom stereocenters. The molecule has 0 saturated carbocycles. The van der Waals surface area contributed by atoms with E-state index in [9.17, 15) is 8.42 Å². The third-order valence-electron chi connectivity index (χ3n) is 5.72. The number of hydrogen-bond acceptors (Lipinski definition) is 6. The summed E-state index contributed by atoms with van der Waals surface area (Å²) in [6, 6.07) is 13.3. The molecule has 0 radical (unpaired) electrons. The number of aromatic nitrogens is 3. The van der Waals surface area contributed by atoms with Crippen molar-refractivity contribution in [1.29, 1.82) is 0 Å². The van der Waals surface area contributed by atoms with Crippen molar-refractivity contribution < 1.29 is 8.42 Å². The number of pyridine rings is 1. The van der Waals surface area contributed by atoms with Crippen LogP contribution in [-0.4, -0.2) is 29.9 Å². The molecular formula is C23H21N5O2S. The first-order chi connectivity index (χ1) is 14.9. The molecule has 4 aromatic rings. The summed E-state index contributed by atoms with van der Waals surface area (Å²) in [5.74, 6) is 0.838. The molecule has 2 N–H and O–H groups in total. The molecule has 2 aromatic heterocycles. The highest BCUT2D eigenvalue weighted by atomic mass is 32.2. The van der Waals surface area contributed by atoms with Gasteiger partial charge in [-0.2, -0.15) is 0 Å². The van der Waals surface area contributed by atoms with E-state index in [-0.39, 0.29) is 4.90 Å². The summed E-state index contributed by atoms with van der Waals surface area (Å²) >= 11 is 0. The van der Waals surface area contributed by atoms with Crippen LogP contribution in [0.25, 0.3) is 22.0 Å². The Hall–Kier alpha value is -3.36. The van der Waals surface area contributed by atoms with Gasteiger partial charge in [-0.25, -0.2) is 23.5 Å². The summed E-state index contributed by atoms with van der Waals surface area (Å²) < 4.78 is 23.6. The van der Waals surface area contributed by atoms with E-state index in [0.29, 0.717) is 6.54 Å². The first-order valence-corrected chi connectivity index (χ1v) is 11.5. The number of hydrogen-bond donors (Lipinski definition) is 1. The van der Waals surface area contributed by atoms with Crippen LogP contribution < -0.4 is 10.0 Å². The monoisotopic (exact) mass is 431 g/mol. The van der Waals surface area contributed by atoms with E-state index < -0.39 is 10.0 Å². The van der Waals surface area contributed by atoms with Gasteiger partial charge in [0.05, 0.1) is 10.4 Å². The maximum atomic E-state index is 11.8. The van der Waals surface area contributed by atoms with Crippen molar-refractivity contribution in [1.82, 2.24) is 15.0 Å². The zero-order valence-electron chi connectivity index (χ0n) is 17.0. The molecule has 0 fully saturated rings. The predicted octanol–water partition coefficient (Wildman–Crippen LogP) is 3.21. The lowest BCUT2D eigenvalue weighted by atomic mass is 9.98. The van der Waals surface area contributed by atoms with Crippen LogP contribution in [0.5, 0.6) is 0 Å². The number of nitrogens with two attached hydrogens (primary N) is 1. The van der Waals surface area contributed by atoms with Crippen molar-refractivity contribution in [3.63, 3.8) is 0 Å². The van der Waals surface area contributed by atoms with E-state index in [1.807, 2.05) is 31.3 Å². The molecule has 0 atom stereocenters. The maximum absolute atomic E-state index is 11.8. The number of sulfonamides is 1. The Morgan fingerprint density at radius 1 is 1.03 bits per heavy atom. The number of benzene rings is 2. The van der Waals surface area contributed by atoms with Crippen molar-refractivity contribution in [2.24, 2.45) is 5.14 Å². The lowest BCUT2D eigenvalue weighted by molar-refractivity contribution is 0.597. The molecule has 0 aliphatic carbocycles. The van der Waals surface area contributed by atoms with Crippen LogP contribution in [-0.2, 0) is 23.0 Å². The lowest BCUT2D eigenvalue weighted by Gasteiger charge is -2.31. The molecule has 0 saturated heterocycles. The minimum absolute atomic E-state index is 0.135. The Kier molecular flexibility index (Phi) is 4.68. The van der Waals surface area contributed by atoms with Gasteiger partial charge in [0.1, 0.15) is 12.1 Å². The van der Waals surface area contributed by atoms with Crippen LogP contribution in [0.2, 0.25) is 0 Å². The zero-order chi connectivity index (χ0) is 21.6. The molecular weight excluding hydrogens is 410 g/mol.